The van der Waals surface area contributed by atoms with E-state index < -0.39 is 0 Å². The van der Waals surface area contributed by atoms with Crippen LogP contribution >= 0.6 is 11.3 Å². The van der Waals surface area contributed by atoms with E-state index >= 15 is 0 Å². The van der Waals surface area contributed by atoms with Crippen LogP contribution in [0, 0.1) is 12.3 Å². The Morgan fingerprint density at radius 2 is 1.65 bits per heavy atom. The van der Waals surface area contributed by atoms with Crippen LogP contribution in [0.15, 0.2) is 153 Å². The molecule has 0 saturated heterocycles. The summed E-state index contributed by atoms with van der Waals surface area (Å²) in [5, 5.41) is 6.03. The summed E-state index contributed by atoms with van der Waals surface area (Å²) in [6.07, 6.45) is 22.3. The van der Waals surface area contributed by atoms with Gasteiger partial charge in [0.1, 0.15) is 0 Å². The Labute approximate surface area is 290 Å². The van der Waals surface area contributed by atoms with Crippen molar-refractivity contribution in [2.24, 2.45) is 5.41 Å². The molecule has 242 valence electrons. The molecule has 1 unspecified atom stereocenters. The highest BCUT2D eigenvalue weighted by atomic mass is 32.1. The van der Waals surface area contributed by atoms with Crippen LogP contribution in [-0.4, -0.2) is 4.57 Å². The first kappa shape index (κ1) is 34.4. The van der Waals surface area contributed by atoms with Gasteiger partial charge in [-0.2, -0.15) is 0 Å². The number of rotatable bonds is 10. The van der Waals surface area contributed by atoms with Gasteiger partial charge < -0.3 is 4.57 Å². The maximum Gasteiger partial charge on any atom is 0.0523 e. The van der Waals surface area contributed by atoms with E-state index in [1.54, 1.807) is 0 Å². The Bertz CT molecular complexity index is 2270. The molecule has 0 amide bonds. The molecule has 0 fully saturated rings. The van der Waals surface area contributed by atoms with Gasteiger partial charge in [-0.15, -0.1) is 17.9 Å². The van der Waals surface area contributed by atoms with Crippen LogP contribution in [0.1, 0.15) is 50.8 Å². The van der Waals surface area contributed by atoms with Gasteiger partial charge in [0.05, 0.1) is 11.6 Å². The van der Waals surface area contributed by atoms with Crippen molar-refractivity contribution in [1.29, 1.82) is 0 Å². The molecule has 0 saturated carbocycles. The summed E-state index contributed by atoms with van der Waals surface area (Å²) in [4.78, 5) is 0. The lowest BCUT2D eigenvalue weighted by Gasteiger charge is -2.26. The van der Waals surface area contributed by atoms with E-state index in [4.69, 9.17) is 0 Å². The van der Waals surface area contributed by atoms with Gasteiger partial charge >= 0.3 is 0 Å². The zero-order valence-electron chi connectivity index (χ0n) is 28.9. The van der Waals surface area contributed by atoms with Gasteiger partial charge in [-0.1, -0.05) is 131 Å². The third kappa shape index (κ3) is 6.59. The largest absolute Gasteiger partial charge is 0.333 e. The number of fused-ring (bicyclic) bond motifs is 4. The summed E-state index contributed by atoms with van der Waals surface area (Å²) in [6.45, 7) is 29.2. The average Bonchev–Trinajstić information content (AvgIpc) is 3.67. The molecule has 1 atom stereocenters. The van der Waals surface area contributed by atoms with Crippen molar-refractivity contribution in [3.8, 4) is 0 Å². The molecule has 2 heteroatoms. The van der Waals surface area contributed by atoms with Crippen molar-refractivity contribution >= 4 is 60.6 Å². The third-order valence-electron chi connectivity index (χ3n) is 9.29. The predicted octanol–water partition coefficient (Wildman–Crippen LogP) is 12.1. The lowest BCUT2D eigenvalue weighted by atomic mass is 9.77. The molecule has 0 N–H and O–H groups in total. The molecular formula is C46H47NS. The zero-order chi connectivity index (χ0) is 34.4. The van der Waals surface area contributed by atoms with Gasteiger partial charge in [0, 0.05) is 41.5 Å². The van der Waals surface area contributed by atoms with Crippen LogP contribution in [0.4, 0.5) is 0 Å². The van der Waals surface area contributed by atoms with Crippen LogP contribution in [0.3, 0.4) is 0 Å². The standard InChI is InChI=1S/C33H37N.C13H10S/c1-9-14-15-16-19-27(13-5)34-31(18-11-3)24(6)28-21-20-26(23-32(28)34)30-22-25(12-4)29(17-10-2)33(30,7)8;1-9-6-7-11-10-4-2-3-5-12(10)14-13(11)8-9/h9-15,17-18,20-23,27H,1,3-6,16,19H2,2,7-8H3;2-8H,1H3/b15-14-,17-10-,31-18+;. The topological polar surface area (TPSA) is 4.93 Å². The van der Waals surface area contributed by atoms with E-state index in [-0.39, 0.29) is 11.5 Å². The fourth-order valence-electron chi connectivity index (χ4n) is 6.87. The second-order valence-corrected chi connectivity index (χ2v) is 13.9. The van der Waals surface area contributed by atoms with E-state index in [2.05, 4.69) is 156 Å². The molecule has 1 aliphatic carbocycles. The fourth-order valence-corrected chi connectivity index (χ4v) is 8.07. The maximum atomic E-state index is 4.43. The Morgan fingerprint density at radius 1 is 0.896 bits per heavy atom. The van der Waals surface area contributed by atoms with Crippen LogP contribution in [0.25, 0.3) is 49.3 Å². The first-order valence-electron chi connectivity index (χ1n) is 16.7. The smallest absolute Gasteiger partial charge is 0.0523 e. The summed E-state index contributed by atoms with van der Waals surface area (Å²) < 4.78 is 5.15. The Morgan fingerprint density at radius 3 is 2.35 bits per heavy atom. The lowest BCUT2D eigenvalue weighted by Crippen LogP contribution is -2.30. The number of thiophene rings is 1. The quantitative estimate of drug-likeness (QED) is 0.105. The minimum Gasteiger partial charge on any atom is -0.333 e. The number of allylic oxidation sites excluding steroid dienone is 12. The van der Waals surface area contributed by atoms with Crippen LogP contribution < -0.4 is 10.6 Å². The summed E-state index contributed by atoms with van der Waals surface area (Å²) >= 11 is 1.88. The Balaban J connectivity index is 0.000000264. The summed E-state index contributed by atoms with van der Waals surface area (Å²) in [6, 6.07) is 22.2. The first-order chi connectivity index (χ1) is 23.2. The highest BCUT2D eigenvalue weighted by Gasteiger charge is 2.34. The van der Waals surface area contributed by atoms with Crippen LogP contribution in [0.5, 0.6) is 0 Å². The van der Waals surface area contributed by atoms with Crippen molar-refractivity contribution in [3.05, 3.63) is 175 Å². The van der Waals surface area contributed by atoms with Crippen molar-refractivity contribution < 1.29 is 0 Å². The highest BCUT2D eigenvalue weighted by molar-refractivity contribution is 7.25. The minimum atomic E-state index is -0.113. The normalized spacial score (nSPS) is 15.3. The number of benzene rings is 3. The Kier molecular flexibility index (Phi) is 10.7. The lowest BCUT2D eigenvalue weighted by molar-refractivity contribution is 0.569. The van der Waals surface area contributed by atoms with E-state index in [0.717, 1.165) is 28.8 Å². The molecule has 2 aromatic heterocycles. The molecule has 1 aliphatic rings. The number of hydrogen-bond acceptors (Lipinski definition) is 1. The molecule has 5 aromatic rings. The van der Waals surface area contributed by atoms with Crippen molar-refractivity contribution in [2.45, 2.75) is 46.6 Å². The van der Waals surface area contributed by atoms with E-state index in [0.29, 0.717) is 0 Å². The average molecular weight is 646 g/mol. The van der Waals surface area contributed by atoms with Crippen LogP contribution in [-0.2, 0) is 0 Å². The molecule has 6 rings (SSSR count). The molecule has 0 spiro atoms. The molecule has 0 bridgehead atoms. The summed E-state index contributed by atoms with van der Waals surface area (Å²) in [7, 11) is 0. The third-order valence-corrected chi connectivity index (χ3v) is 10.4. The van der Waals surface area contributed by atoms with Gasteiger partial charge in [-0.05, 0) is 84.9 Å². The Hall–Kier alpha value is -4.92. The minimum absolute atomic E-state index is 0.113. The number of aryl methyl sites for hydroxylation is 1. The van der Waals surface area contributed by atoms with Gasteiger partial charge in [0.2, 0.25) is 0 Å². The van der Waals surface area contributed by atoms with Gasteiger partial charge in [-0.25, -0.2) is 0 Å². The molecule has 0 radical (unpaired) electrons. The van der Waals surface area contributed by atoms with Crippen LogP contribution in [0.2, 0.25) is 0 Å². The highest BCUT2D eigenvalue weighted by Crippen LogP contribution is 2.49. The molecule has 48 heavy (non-hydrogen) atoms. The molecule has 1 nitrogen and oxygen atoms in total. The van der Waals surface area contributed by atoms with E-state index in [9.17, 15) is 0 Å². The first-order valence-corrected chi connectivity index (χ1v) is 17.5. The molecule has 2 heterocycles. The van der Waals surface area contributed by atoms with Crippen molar-refractivity contribution in [2.75, 3.05) is 0 Å². The summed E-state index contributed by atoms with van der Waals surface area (Å²) in [5.41, 5.74) is 7.40. The maximum absolute atomic E-state index is 4.43. The van der Waals surface area contributed by atoms with Crippen molar-refractivity contribution in [1.82, 2.24) is 4.57 Å². The second kappa shape index (κ2) is 14.9. The number of nitrogens with zero attached hydrogens (tertiary/aromatic N) is 1. The second-order valence-electron chi connectivity index (χ2n) is 12.8. The van der Waals surface area contributed by atoms with Gasteiger partial charge in [0.15, 0.2) is 0 Å². The van der Waals surface area contributed by atoms with Gasteiger partial charge in [0.25, 0.3) is 0 Å². The summed E-state index contributed by atoms with van der Waals surface area (Å²) in [5.74, 6) is 0. The van der Waals surface area contributed by atoms with E-state index in [1.807, 2.05) is 41.7 Å². The van der Waals surface area contributed by atoms with Crippen molar-refractivity contribution in [3.63, 3.8) is 0 Å². The molecular weight excluding hydrogens is 599 g/mol. The number of aromatic nitrogens is 1. The predicted molar refractivity (Wildman–Crippen MR) is 217 cm³/mol. The monoisotopic (exact) mass is 645 g/mol. The van der Waals surface area contributed by atoms with E-state index in [1.165, 1.54) is 53.5 Å². The number of hydrogen-bond donors (Lipinski definition) is 0. The molecule has 0 aliphatic heterocycles. The zero-order valence-corrected chi connectivity index (χ0v) is 29.7. The molecule has 3 aromatic carbocycles. The fraction of sp³-hybridized carbons (Fsp3) is 0.174. The van der Waals surface area contributed by atoms with Gasteiger partial charge in [-0.3, -0.25) is 0 Å². The SMILES string of the molecule is C=C/C=C\CCC(C=C)n1/c(=C/C=C)c(=C)c2ccc(C3=CC(C=C)=C(/C=C\C)C3(C)C)cc21.Cc1ccc2c(c1)sc1ccccc12.